The monoisotopic (exact) mass is 546 g/mol. The highest BCUT2D eigenvalue weighted by molar-refractivity contribution is 5.91. The van der Waals surface area contributed by atoms with Gasteiger partial charge in [0.05, 0.1) is 23.6 Å². The lowest BCUT2D eigenvalue weighted by Gasteiger charge is -2.30. The smallest absolute Gasteiger partial charge is 0.372 e. The van der Waals surface area contributed by atoms with Crippen LogP contribution >= 0.6 is 0 Å². The zero-order chi connectivity index (χ0) is 28.1. The number of amides is 2. The fraction of sp³-hybridized carbons (Fsp3) is 0.607. The standard InChI is InChI=1S/C28H37F3N6O2/c1-19(38)34(4)24-14-32-37(17-24)26(39)36-16-21-11-23(13-27(21,2)18-36)33(3)15-20-7-8-22(35-9-5-6-10-35)12-25(20)28(29,30)31/h7-8,12,14,17,21,23H,5-6,9-11,13,15-16,18H2,1-4H3/t21?,23-,27?/m1/s1. The fourth-order valence-electron chi connectivity index (χ4n) is 6.59. The number of anilines is 2. The summed E-state index contributed by atoms with van der Waals surface area (Å²) in [6, 6.07) is 4.70. The second-order valence-corrected chi connectivity index (χ2v) is 11.8. The number of hydrogen-bond donors (Lipinski definition) is 0. The molecule has 3 aliphatic rings. The molecular formula is C28H37F3N6O2. The Morgan fingerprint density at radius 1 is 1.18 bits per heavy atom. The zero-order valence-electron chi connectivity index (χ0n) is 23.0. The van der Waals surface area contributed by atoms with Crippen molar-refractivity contribution in [3.8, 4) is 0 Å². The van der Waals surface area contributed by atoms with Gasteiger partial charge < -0.3 is 14.7 Å². The fourth-order valence-corrected chi connectivity index (χ4v) is 6.59. The van der Waals surface area contributed by atoms with E-state index < -0.39 is 11.7 Å². The van der Waals surface area contributed by atoms with Crippen molar-refractivity contribution in [2.24, 2.45) is 11.3 Å². The molecule has 0 radical (unpaired) electrons. The maximum absolute atomic E-state index is 14.0. The van der Waals surface area contributed by atoms with E-state index in [1.165, 1.54) is 28.8 Å². The summed E-state index contributed by atoms with van der Waals surface area (Å²) in [4.78, 5) is 32.1. The molecule has 8 nitrogen and oxygen atoms in total. The van der Waals surface area contributed by atoms with Crippen molar-refractivity contribution in [1.82, 2.24) is 19.6 Å². The van der Waals surface area contributed by atoms with E-state index >= 15 is 0 Å². The molecule has 1 aromatic carbocycles. The van der Waals surface area contributed by atoms with Gasteiger partial charge in [-0.05, 0) is 61.8 Å². The molecule has 2 saturated heterocycles. The molecule has 0 spiro atoms. The van der Waals surface area contributed by atoms with Crippen molar-refractivity contribution >= 4 is 23.3 Å². The quantitative estimate of drug-likeness (QED) is 0.545. The van der Waals surface area contributed by atoms with Gasteiger partial charge in [-0.2, -0.15) is 23.0 Å². The Balaban J connectivity index is 1.24. The van der Waals surface area contributed by atoms with Crippen molar-refractivity contribution in [2.75, 3.05) is 50.1 Å². The molecule has 1 saturated carbocycles. The van der Waals surface area contributed by atoms with Crippen molar-refractivity contribution in [3.63, 3.8) is 0 Å². The van der Waals surface area contributed by atoms with E-state index in [1.54, 1.807) is 24.2 Å². The average Bonchev–Trinajstić information content (AvgIpc) is 3.66. The number of likely N-dealkylation sites (tertiary alicyclic amines) is 1. The third kappa shape index (κ3) is 5.37. The molecule has 11 heteroatoms. The summed E-state index contributed by atoms with van der Waals surface area (Å²) >= 11 is 0. The van der Waals surface area contributed by atoms with E-state index in [4.69, 9.17) is 0 Å². The van der Waals surface area contributed by atoms with E-state index in [2.05, 4.69) is 12.0 Å². The van der Waals surface area contributed by atoms with Gasteiger partial charge in [-0.15, -0.1) is 0 Å². The van der Waals surface area contributed by atoms with Crippen LogP contribution < -0.4 is 9.80 Å². The van der Waals surface area contributed by atoms with Gasteiger partial charge >= 0.3 is 12.2 Å². The minimum Gasteiger partial charge on any atom is -0.372 e. The number of aromatic nitrogens is 2. The molecule has 2 unspecified atom stereocenters. The van der Waals surface area contributed by atoms with Crippen LogP contribution in [0.5, 0.6) is 0 Å². The predicted octanol–water partition coefficient (Wildman–Crippen LogP) is 4.69. The molecule has 2 aliphatic heterocycles. The Labute approximate surface area is 227 Å². The third-order valence-corrected chi connectivity index (χ3v) is 9.05. The molecule has 2 amide bonds. The molecule has 5 rings (SSSR count). The van der Waals surface area contributed by atoms with Crippen molar-refractivity contribution in [3.05, 3.63) is 41.7 Å². The van der Waals surface area contributed by atoms with Gasteiger partial charge in [0.25, 0.3) is 0 Å². The largest absolute Gasteiger partial charge is 0.416 e. The van der Waals surface area contributed by atoms with Gasteiger partial charge in [0.2, 0.25) is 5.91 Å². The van der Waals surface area contributed by atoms with Crippen LogP contribution in [0, 0.1) is 11.3 Å². The minimum absolute atomic E-state index is 0.118. The van der Waals surface area contributed by atoms with Crippen molar-refractivity contribution in [2.45, 2.75) is 58.3 Å². The lowest BCUT2D eigenvalue weighted by atomic mass is 9.83. The molecule has 2 aromatic rings. The summed E-state index contributed by atoms with van der Waals surface area (Å²) in [5.41, 5.74) is 0.838. The number of fused-ring (bicyclic) bond motifs is 1. The molecule has 39 heavy (non-hydrogen) atoms. The first-order chi connectivity index (χ1) is 18.4. The number of carbonyl (C=O) groups excluding carboxylic acids is 2. The van der Waals surface area contributed by atoms with Crippen LogP contribution in [0.15, 0.2) is 30.6 Å². The normalized spacial score (nSPS) is 25.0. The van der Waals surface area contributed by atoms with E-state index in [-0.39, 0.29) is 35.9 Å². The molecule has 0 N–H and O–H groups in total. The van der Waals surface area contributed by atoms with Gasteiger partial charge in [0.1, 0.15) is 0 Å². The van der Waals surface area contributed by atoms with Crippen LogP contribution in [-0.2, 0) is 17.5 Å². The Morgan fingerprint density at radius 3 is 2.54 bits per heavy atom. The molecule has 3 heterocycles. The number of nitrogens with zero attached hydrogens (tertiary/aromatic N) is 6. The zero-order valence-corrected chi connectivity index (χ0v) is 23.0. The molecule has 1 aromatic heterocycles. The number of rotatable bonds is 5. The number of hydrogen-bond acceptors (Lipinski definition) is 5. The highest BCUT2D eigenvalue weighted by atomic mass is 19.4. The number of carbonyl (C=O) groups is 2. The Morgan fingerprint density at radius 2 is 1.90 bits per heavy atom. The highest BCUT2D eigenvalue weighted by Crippen LogP contribution is 2.50. The second kappa shape index (κ2) is 10.1. The molecule has 212 valence electrons. The first-order valence-electron chi connectivity index (χ1n) is 13.6. The second-order valence-electron chi connectivity index (χ2n) is 11.8. The molecule has 3 fully saturated rings. The average molecular weight is 547 g/mol. The Bertz CT molecular complexity index is 1240. The van der Waals surface area contributed by atoms with Crippen molar-refractivity contribution < 1.29 is 22.8 Å². The topological polar surface area (TPSA) is 64.9 Å². The first kappa shape index (κ1) is 27.5. The minimum atomic E-state index is -4.41. The highest BCUT2D eigenvalue weighted by Gasteiger charge is 2.52. The summed E-state index contributed by atoms with van der Waals surface area (Å²) in [5.74, 6) is 0.105. The molecule has 0 bridgehead atoms. The summed E-state index contributed by atoms with van der Waals surface area (Å²) in [5, 5.41) is 4.16. The maximum Gasteiger partial charge on any atom is 0.416 e. The van der Waals surface area contributed by atoms with Gasteiger partial charge in [0.15, 0.2) is 0 Å². The van der Waals surface area contributed by atoms with Crippen LogP contribution in [-0.4, -0.2) is 77.8 Å². The van der Waals surface area contributed by atoms with Crippen LogP contribution in [0.25, 0.3) is 0 Å². The number of halogens is 3. The summed E-state index contributed by atoms with van der Waals surface area (Å²) < 4.78 is 43.4. The predicted molar refractivity (Wildman–Crippen MR) is 143 cm³/mol. The van der Waals surface area contributed by atoms with E-state index in [0.29, 0.717) is 30.0 Å². The van der Waals surface area contributed by atoms with Crippen LogP contribution in [0.4, 0.5) is 29.3 Å². The van der Waals surface area contributed by atoms with Crippen LogP contribution in [0.2, 0.25) is 0 Å². The lowest BCUT2D eigenvalue weighted by molar-refractivity contribution is -0.138. The Hall–Kier alpha value is -3.08. The van der Waals surface area contributed by atoms with E-state index in [9.17, 15) is 22.8 Å². The lowest BCUT2D eigenvalue weighted by Crippen LogP contribution is -2.37. The molecule has 1 aliphatic carbocycles. The van der Waals surface area contributed by atoms with E-state index in [1.807, 2.05) is 22.9 Å². The van der Waals surface area contributed by atoms with Crippen molar-refractivity contribution in [1.29, 1.82) is 0 Å². The number of alkyl halides is 3. The maximum atomic E-state index is 14.0. The Kier molecular flexibility index (Phi) is 7.15. The van der Waals surface area contributed by atoms with Gasteiger partial charge in [-0.1, -0.05) is 13.0 Å². The van der Waals surface area contributed by atoms with E-state index in [0.717, 1.165) is 38.8 Å². The van der Waals surface area contributed by atoms with Gasteiger partial charge in [0, 0.05) is 58.4 Å². The first-order valence-corrected chi connectivity index (χ1v) is 13.6. The van der Waals surface area contributed by atoms with Gasteiger partial charge in [-0.25, -0.2) is 4.79 Å². The summed E-state index contributed by atoms with van der Waals surface area (Å²) in [7, 11) is 3.54. The SMILES string of the molecule is CC(=O)N(C)c1cnn(C(=O)N2CC3C[C@@H](N(C)Cc4ccc(N5CCCC5)cc4C(F)(F)F)CC3(C)C2)c1. The molecular weight excluding hydrogens is 509 g/mol. The summed E-state index contributed by atoms with van der Waals surface area (Å²) in [6.07, 6.45) is 2.30. The third-order valence-electron chi connectivity index (χ3n) is 9.05. The van der Waals surface area contributed by atoms with Crippen LogP contribution in [0.3, 0.4) is 0 Å². The van der Waals surface area contributed by atoms with Crippen LogP contribution in [0.1, 0.15) is 50.7 Å². The summed E-state index contributed by atoms with van der Waals surface area (Å²) in [6.45, 7) is 6.59. The van der Waals surface area contributed by atoms with Gasteiger partial charge in [-0.3, -0.25) is 9.69 Å². The number of benzene rings is 1. The molecule has 3 atom stereocenters.